The maximum atomic E-state index is 12.3. The van der Waals surface area contributed by atoms with Crippen LogP contribution in [0.5, 0.6) is 0 Å². The third-order valence-corrected chi connectivity index (χ3v) is 6.47. The van der Waals surface area contributed by atoms with E-state index in [1.807, 2.05) is 0 Å². The Balaban J connectivity index is 2.02. The van der Waals surface area contributed by atoms with Crippen LogP contribution in [0.2, 0.25) is 0 Å². The lowest BCUT2D eigenvalue weighted by molar-refractivity contribution is 0.109. The normalized spacial score (nSPS) is 23.8. The Morgan fingerprint density at radius 3 is 2.50 bits per heavy atom. The highest BCUT2D eigenvalue weighted by Crippen LogP contribution is 2.27. The van der Waals surface area contributed by atoms with Gasteiger partial charge in [0.05, 0.1) is 11.0 Å². The van der Waals surface area contributed by atoms with Crippen LogP contribution in [0.25, 0.3) is 0 Å². The van der Waals surface area contributed by atoms with E-state index < -0.39 is 10.0 Å². The summed E-state index contributed by atoms with van der Waals surface area (Å²) in [4.78, 5) is 0.239. The molecule has 1 saturated carbocycles. The molecular formula is C13H17Br2NO3S. The van der Waals surface area contributed by atoms with Crippen LogP contribution in [0.1, 0.15) is 25.7 Å². The van der Waals surface area contributed by atoms with Gasteiger partial charge in [-0.2, -0.15) is 0 Å². The van der Waals surface area contributed by atoms with Crippen LogP contribution >= 0.6 is 31.9 Å². The number of rotatable bonds is 4. The largest absolute Gasteiger partial charge is 0.393 e. The van der Waals surface area contributed by atoms with Gasteiger partial charge in [-0.1, -0.05) is 15.9 Å². The van der Waals surface area contributed by atoms with E-state index in [2.05, 4.69) is 36.6 Å². The van der Waals surface area contributed by atoms with E-state index in [4.69, 9.17) is 0 Å². The van der Waals surface area contributed by atoms with Crippen molar-refractivity contribution in [3.8, 4) is 0 Å². The summed E-state index contributed by atoms with van der Waals surface area (Å²) < 4.78 is 28.5. The lowest BCUT2D eigenvalue weighted by Gasteiger charge is -2.25. The molecule has 0 aliphatic heterocycles. The highest BCUT2D eigenvalue weighted by molar-refractivity contribution is 9.11. The molecule has 1 aromatic rings. The molecule has 0 amide bonds. The van der Waals surface area contributed by atoms with Gasteiger partial charge in [0.25, 0.3) is 0 Å². The average Bonchev–Trinajstić information content (AvgIpc) is 2.41. The minimum atomic E-state index is -3.52. The van der Waals surface area contributed by atoms with Gasteiger partial charge in [-0.15, -0.1) is 0 Å². The minimum Gasteiger partial charge on any atom is -0.393 e. The predicted octanol–water partition coefficient (Wildman–Crippen LogP) is 3.04. The summed E-state index contributed by atoms with van der Waals surface area (Å²) in [6.45, 7) is 0.425. The van der Waals surface area contributed by atoms with Crippen molar-refractivity contribution < 1.29 is 13.5 Å². The smallest absolute Gasteiger partial charge is 0.241 e. The van der Waals surface area contributed by atoms with Crippen LogP contribution in [0, 0.1) is 5.92 Å². The lowest BCUT2D eigenvalue weighted by atomic mass is 9.88. The standard InChI is InChI=1S/C13H17Br2NO3S/c14-10-3-6-12(15)13(7-10)20(18,19)16-8-9-1-4-11(17)5-2-9/h3,6-7,9,11,16-17H,1-2,4-5,8H2. The first kappa shape index (κ1) is 16.4. The number of nitrogens with one attached hydrogen (secondary N) is 1. The van der Waals surface area contributed by atoms with Gasteiger partial charge < -0.3 is 5.11 Å². The second-order valence-electron chi connectivity index (χ2n) is 5.10. The number of aliphatic hydroxyl groups excluding tert-OH is 1. The Morgan fingerprint density at radius 1 is 1.20 bits per heavy atom. The molecule has 2 rings (SSSR count). The van der Waals surface area contributed by atoms with E-state index in [1.54, 1.807) is 18.2 Å². The predicted molar refractivity (Wildman–Crippen MR) is 85.0 cm³/mol. The summed E-state index contributed by atoms with van der Waals surface area (Å²) in [6.07, 6.45) is 3.02. The fourth-order valence-electron chi connectivity index (χ4n) is 2.34. The second-order valence-corrected chi connectivity index (χ2v) is 8.61. The molecule has 0 aromatic heterocycles. The second kappa shape index (κ2) is 6.87. The molecule has 0 spiro atoms. The number of hydrogen-bond acceptors (Lipinski definition) is 3. The number of aliphatic hydroxyl groups is 1. The van der Waals surface area contributed by atoms with Crippen molar-refractivity contribution in [1.29, 1.82) is 0 Å². The van der Waals surface area contributed by atoms with Crippen molar-refractivity contribution in [2.45, 2.75) is 36.7 Å². The van der Waals surface area contributed by atoms with Gasteiger partial charge in [-0.25, -0.2) is 13.1 Å². The van der Waals surface area contributed by atoms with E-state index in [0.717, 1.165) is 30.2 Å². The van der Waals surface area contributed by atoms with Gasteiger partial charge in [0.2, 0.25) is 10.0 Å². The number of benzene rings is 1. The fourth-order valence-corrected chi connectivity index (χ4v) is 4.95. The van der Waals surface area contributed by atoms with Gasteiger partial charge in [-0.3, -0.25) is 0 Å². The lowest BCUT2D eigenvalue weighted by Crippen LogP contribution is -2.32. The van der Waals surface area contributed by atoms with Crippen LogP contribution in [0.15, 0.2) is 32.0 Å². The molecule has 0 atom stereocenters. The molecule has 2 N–H and O–H groups in total. The van der Waals surface area contributed by atoms with E-state index in [0.29, 0.717) is 16.9 Å². The van der Waals surface area contributed by atoms with Crippen LogP contribution in [-0.2, 0) is 10.0 Å². The van der Waals surface area contributed by atoms with Gasteiger partial charge >= 0.3 is 0 Å². The molecule has 0 saturated heterocycles. The highest BCUT2D eigenvalue weighted by atomic mass is 79.9. The van der Waals surface area contributed by atoms with Crippen molar-refractivity contribution in [1.82, 2.24) is 4.72 Å². The van der Waals surface area contributed by atoms with Gasteiger partial charge in [0.1, 0.15) is 0 Å². The van der Waals surface area contributed by atoms with Crippen molar-refractivity contribution in [3.05, 3.63) is 27.1 Å². The average molecular weight is 427 g/mol. The molecule has 0 bridgehead atoms. The zero-order chi connectivity index (χ0) is 14.8. The molecule has 4 nitrogen and oxygen atoms in total. The molecular weight excluding hydrogens is 410 g/mol. The molecule has 7 heteroatoms. The SMILES string of the molecule is O=S(=O)(NCC1CCC(O)CC1)c1cc(Br)ccc1Br. The maximum Gasteiger partial charge on any atom is 0.241 e. The zero-order valence-electron chi connectivity index (χ0n) is 10.9. The Bertz CT molecular complexity index is 569. The summed E-state index contributed by atoms with van der Waals surface area (Å²) in [6, 6.07) is 5.07. The van der Waals surface area contributed by atoms with Crippen LogP contribution in [0.3, 0.4) is 0 Å². The molecule has 0 unspecified atom stereocenters. The Morgan fingerprint density at radius 2 is 1.85 bits per heavy atom. The summed E-state index contributed by atoms with van der Waals surface area (Å²) in [5.74, 6) is 0.305. The molecule has 0 heterocycles. The van der Waals surface area contributed by atoms with Gasteiger partial charge in [0, 0.05) is 15.5 Å². The molecule has 1 aromatic carbocycles. The van der Waals surface area contributed by atoms with Crippen LogP contribution < -0.4 is 4.72 Å². The van der Waals surface area contributed by atoms with E-state index in [9.17, 15) is 13.5 Å². The highest BCUT2D eigenvalue weighted by Gasteiger charge is 2.23. The summed E-state index contributed by atoms with van der Waals surface area (Å²) in [7, 11) is -3.52. The fraction of sp³-hybridized carbons (Fsp3) is 0.538. The first-order valence-corrected chi connectivity index (χ1v) is 9.58. The molecule has 1 aliphatic rings. The van der Waals surface area contributed by atoms with Crippen LogP contribution in [-0.4, -0.2) is 26.2 Å². The summed E-state index contributed by atoms with van der Waals surface area (Å²) in [5, 5.41) is 9.45. The van der Waals surface area contributed by atoms with E-state index in [1.165, 1.54) is 0 Å². The number of sulfonamides is 1. The third-order valence-electron chi connectivity index (χ3n) is 3.56. The van der Waals surface area contributed by atoms with E-state index in [-0.39, 0.29) is 11.0 Å². The topological polar surface area (TPSA) is 66.4 Å². The molecule has 112 valence electrons. The maximum absolute atomic E-state index is 12.3. The number of halogens is 2. The first-order valence-electron chi connectivity index (χ1n) is 6.51. The monoisotopic (exact) mass is 425 g/mol. The van der Waals surface area contributed by atoms with Crippen molar-refractivity contribution in [2.24, 2.45) is 5.92 Å². The quantitative estimate of drug-likeness (QED) is 0.777. The summed E-state index contributed by atoms with van der Waals surface area (Å²) in [5.41, 5.74) is 0. The Hall–Kier alpha value is 0.0500. The summed E-state index contributed by atoms with van der Waals surface area (Å²) >= 11 is 6.55. The first-order chi connectivity index (χ1) is 9.38. The number of hydrogen-bond donors (Lipinski definition) is 2. The van der Waals surface area contributed by atoms with Crippen molar-refractivity contribution >= 4 is 41.9 Å². The van der Waals surface area contributed by atoms with Gasteiger partial charge in [0.15, 0.2) is 0 Å². The Kier molecular flexibility index (Phi) is 5.64. The molecule has 1 fully saturated rings. The zero-order valence-corrected chi connectivity index (χ0v) is 14.8. The van der Waals surface area contributed by atoms with Crippen LogP contribution in [0.4, 0.5) is 0 Å². The Labute approximate surface area is 136 Å². The minimum absolute atomic E-state index is 0.220. The van der Waals surface area contributed by atoms with Crippen molar-refractivity contribution in [2.75, 3.05) is 6.54 Å². The van der Waals surface area contributed by atoms with E-state index >= 15 is 0 Å². The third kappa shape index (κ3) is 4.27. The molecule has 20 heavy (non-hydrogen) atoms. The molecule has 1 aliphatic carbocycles. The van der Waals surface area contributed by atoms with Crippen molar-refractivity contribution in [3.63, 3.8) is 0 Å². The van der Waals surface area contributed by atoms with Gasteiger partial charge in [-0.05, 0) is 65.7 Å². The molecule has 0 radical (unpaired) electrons.